The van der Waals surface area contributed by atoms with Crippen LogP contribution in [0.3, 0.4) is 0 Å². The number of piperidine rings is 2. The second-order valence-electron chi connectivity index (χ2n) is 7.39. The largest absolute Gasteiger partial charge is 0.341 e. The minimum absolute atomic E-state index is 0.440. The van der Waals surface area contributed by atoms with Crippen LogP contribution in [-0.4, -0.2) is 47.3 Å². The van der Waals surface area contributed by atoms with Crippen molar-refractivity contribution in [2.24, 2.45) is 5.10 Å². The van der Waals surface area contributed by atoms with Crippen molar-refractivity contribution in [1.29, 1.82) is 0 Å². The Hall–Kier alpha value is -2.12. The summed E-state index contributed by atoms with van der Waals surface area (Å²) in [7, 11) is 0. The lowest BCUT2D eigenvalue weighted by Crippen LogP contribution is -2.34. The van der Waals surface area contributed by atoms with E-state index in [0.717, 1.165) is 43.6 Å². The number of halogens is 2. The molecule has 7 nitrogen and oxygen atoms in total. The molecule has 0 saturated carbocycles. The second-order valence-corrected chi connectivity index (χ2v) is 8.23. The predicted molar refractivity (Wildman–Crippen MR) is 120 cm³/mol. The molecule has 0 spiro atoms. The molecule has 3 heterocycles. The van der Waals surface area contributed by atoms with E-state index < -0.39 is 0 Å². The molecule has 9 heteroatoms. The third-order valence-electron chi connectivity index (χ3n) is 5.22. The highest BCUT2D eigenvalue weighted by Gasteiger charge is 2.20. The highest BCUT2D eigenvalue weighted by Crippen LogP contribution is 2.23. The molecule has 0 atom stereocenters. The summed E-state index contributed by atoms with van der Waals surface area (Å²) in [6, 6.07) is 5.26. The van der Waals surface area contributed by atoms with E-state index in [4.69, 9.17) is 28.2 Å². The van der Waals surface area contributed by atoms with E-state index >= 15 is 0 Å². The first kappa shape index (κ1) is 20.2. The van der Waals surface area contributed by atoms with Crippen LogP contribution < -0.4 is 15.2 Å². The van der Waals surface area contributed by atoms with E-state index in [1.807, 2.05) is 0 Å². The van der Waals surface area contributed by atoms with Gasteiger partial charge in [-0.3, -0.25) is 0 Å². The van der Waals surface area contributed by atoms with Gasteiger partial charge in [-0.15, -0.1) is 0 Å². The first-order valence-electron chi connectivity index (χ1n) is 10.2. The van der Waals surface area contributed by atoms with E-state index in [2.05, 4.69) is 30.3 Å². The number of anilines is 3. The van der Waals surface area contributed by atoms with Crippen molar-refractivity contribution in [3.8, 4) is 0 Å². The Morgan fingerprint density at radius 3 is 2.00 bits per heavy atom. The fourth-order valence-corrected chi connectivity index (χ4v) is 3.99. The molecule has 0 unspecified atom stereocenters. The molecule has 2 aliphatic rings. The Balaban J connectivity index is 1.57. The molecule has 2 aromatic rings. The zero-order valence-corrected chi connectivity index (χ0v) is 17.8. The summed E-state index contributed by atoms with van der Waals surface area (Å²) in [5.41, 5.74) is 3.68. The summed E-state index contributed by atoms with van der Waals surface area (Å²) in [4.78, 5) is 18.5. The van der Waals surface area contributed by atoms with Gasteiger partial charge in [0.15, 0.2) is 0 Å². The van der Waals surface area contributed by atoms with Gasteiger partial charge in [-0.25, -0.2) is 5.43 Å². The van der Waals surface area contributed by atoms with Crippen LogP contribution in [0.1, 0.15) is 44.1 Å². The Bertz CT molecular complexity index is 826. The van der Waals surface area contributed by atoms with Crippen LogP contribution >= 0.6 is 23.2 Å². The van der Waals surface area contributed by atoms with Gasteiger partial charge in [0.1, 0.15) is 0 Å². The number of benzene rings is 1. The van der Waals surface area contributed by atoms with Crippen LogP contribution in [-0.2, 0) is 0 Å². The van der Waals surface area contributed by atoms with E-state index in [1.54, 1.807) is 24.4 Å². The first-order chi connectivity index (χ1) is 14.2. The molecule has 2 aliphatic heterocycles. The normalized spacial score (nSPS) is 17.7. The smallest absolute Gasteiger partial charge is 0.250 e. The molecule has 0 aliphatic carbocycles. The van der Waals surface area contributed by atoms with Crippen LogP contribution in [0.2, 0.25) is 10.0 Å². The van der Waals surface area contributed by atoms with Gasteiger partial charge in [0.25, 0.3) is 0 Å². The average Bonchev–Trinajstić information content (AvgIpc) is 2.77. The fourth-order valence-electron chi connectivity index (χ4n) is 3.65. The van der Waals surface area contributed by atoms with Gasteiger partial charge in [0, 0.05) is 41.8 Å². The number of aromatic nitrogens is 3. The molecule has 2 fully saturated rings. The molecule has 154 valence electrons. The van der Waals surface area contributed by atoms with E-state index in [0.29, 0.717) is 16.0 Å². The lowest BCUT2D eigenvalue weighted by Gasteiger charge is -2.30. The molecule has 29 heavy (non-hydrogen) atoms. The molecule has 1 N–H and O–H groups in total. The maximum atomic E-state index is 6.20. The molecule has 4 rings (SSSR count). The Kier molecular flexibility index (Phi) is 6.67. The number of hydrazone groups is 1. The fraction of sp³-hybridized carbons (Fsp3) is 0.500. The van der Waals surface area contributed by atoms with Crippen molar-refractivity contribution < 1.29 is 0 Å². The predicted octanol–water partition coefficient (Wildman–Crippen LogP) is 4.61. The van der Waals surface area contributed by atoms with Gasteiger partial charge in [-0.2, -0.15) is 20.1 Å². The standard InChI is InChI=1S/C20H25Cl2N7/c21-16-7-8-17(22)15(13-16)14-23-27-18-24-19(28-9-3-1-4-10-28)26-20(25-18)29-11-5-2-6-12-29/h7-8,13-14H,1-6,9-12H2,(H,24,25,26,27)/b23-14-. The van der Waals surface area contributed by atoms with E-state index in [1.165, 1.54) is 38.5 Å². The van der Waals surface area contributed by atoms with Crippen LogP contribution in [0, 0.1) is 0 Å². The Labute approximate surface area is 181 Å². The van der Waals surface area contributed by atoms with Crippen molar-refractivity contribution >= 4 is 47.3 Å². The third-order valence-corrected chi connectivity index (χ3v) is 5.80. The summed E-state index contributed by atoms with van der Waals surface area (Å²) < 4.78 is 0. The first-order valence-corrected chi connectivity index (χ1v) is 10.9. The maximum Gasteiger partial charge on any atom is 0.250 e. The van der Waals surface area contributed by atoms with Crippen molar-refractivity contribution in [2.45, 2.75) is 38.5 Å². The minimum Gasteiger partial charge on any atom is -0.341 e. The summed E-state index contributed by atoms with van der Waals surface area (Å²) in [6.07, 6.45) is 8.81. The number of nitrogens with one attached hydrogen (secondary N) is 1. The van der Waals surface area contributed by atoms with Gasteiger partial charge in [-0.1, -0.05) is 23.2 Å². The number of nitrogens with zero attached hydrogens (tertiary/aromatic N) is 6. The van der Waals surface area contributed by atoms with Crippen LogP contribution in [0.15, 0.2) is 23.3 Å². The van der Waals surface area contributed by atoms with Gasteiger partial charge in [0.05, 0.1) is 6.21 Å². The van der Waals surface area contributed by atoms with Crippen molar-refractivity contribution in [3.63, 3.8) is 0 Å². The Morgan fingerprint density at radius 2 is 1.41 bits per heavy atom. The van der Waals surface area contributed by atoms with Crippen LogP contribution in [0.5, 0.6) is 0 Å². The second kappa shape index (κ2) is 9.59. The topological polar surface area (TPSA) is 69.5 Å². The third kappa shape index (κ3) is 5.28. The maximum absolute atomic E-state index is 6.20. The van der Waals surface area contributed by atoms with Gasteiger partial charge in [0.2, 0.25) is 17.8 Å². The molecule has 2 saturated heterocycles. The van der Waals surface area contributed by atoms with Crippen molar-refractivity contribution in [2.75, 3.05) is 41.4 Å². The lowest BCUT2D eigenvalue weighted by atomic mass is 10.1. The van der Waals surface area contributed by atoms with Crippen LogP contribution in [0.4, 0.5) is 17.8 Å². The SMILES string of the molecule is Clc1ccc(Cl)c(/C=N\Nc2nc(N3CCCCC3)nc(N3CCCCC3)n2)c1. The van der Waals surface area contributed by atoms with Gasteiger partial charge >= 0.3 is 0 Å². The molecule has 1 aromatic heterocycles. The van der Waals surface area contributed by atoms with Gasteiger partial charge in [-0.05, 0) is 56.7 Å². The monoisotopic (exact) mass is 433 g/mol. The summed E-state index contributed by atoms with van der Waals surface area (Å²) >= 11 is 12.2. The number of hydrogen-bond acceptors (Lipinski definition) is 7. The lowest BCUT2D eigenvalue weighted by molar-refractivity contribution is 0.556. The number of rotatable bonds is 5. The average molecular weight is 434 g/mol. The molecule has 0 bridgehead atoms. The van der Waals surface area contributed by atoms with Crippen LogP contribution in [0.25, 0.3) is 0 Å². The Morgan fingerprint density at radius 1 is 0.828 bits per heavy atom. The molecular formula is C20H25Cl2N7. The molecule has 0 radical (unpaired) electrons. The van der Waals surface area contributed by atoms with E-state index in [-0.39, 0.29) is 0 Å². The quantitative estimate of drug-likeness (QED) is 0.548. The highest BCUT2D eigenvalue weighted by molar-refractivity contribution is 6.35. The van der Waals surface area contributed by atoms with E-state index in [9.17, 15) is 0 Å². The summed E-state index contributed by atoms with van der Waals surface area (Å²) in [6.45, 7) is 3.91. The van der Waals surface area contributed by atoms with Crippen molar-refractivity contribution in [3.05, 3.63) is 33.8 Å². The summed E-state index contributed by atoms with van der Waals surface area (Å²) in [5, 5.41) is 5.47. The number of hydrogen-bond donors (Lipinski definition) is 1. The molecule has 0 amide bonds. The highest BCUT2D eigenvalue weighted by atomic mass is 35.5. The zero-order chi connectivity index (χ0) is 20.1. The summed E-state index contributed by atoms with van der Waals surface area (Å²) in [5.74, 6) is 1.88. The molecule has 1 aromatic carbocycles. The minimum atomic E-state index is 0.440. The van der Waals surface area contributed by atoms with Crippen molar-refractivity contribution in [1.82, 2.24) is 15.0 Å². The van der Waals surface area contributed by atoms with Gasteiger partial charge < -0.3 is 9.80 Å². The molecular weight excluding hydrogens is 409 g/mol. The zero-order valence-electron chi connectivity index (χ0n) is 16.3.